The molecule has 0 unspecified atom stereocenters. The van der Waals surface area contributed by atoms with Gasteiger partial charge in [0, 0.05) is 29.2 Å². The summed E-state index contributed by atoms with van der Waals surface area (Å²) in [4.78, 5) is 12.8. The Morgan fingerprint density at radius 1 is 1.14 bits per heavy atom. The second-order valence-electron chi connectivity index (χ2n) is 5.88. The summed E-state index contributed by atoms with van der Waals surface area (Å²) < 4.78 is 5.20. The Bertz CT molecular complexity index is 603. The highest BCUT2D eigenvalue weighted by atomic mass is 32.1. The molecular formula is C17H22N2O2S. The molecule has 1 aromatic carbocycles. The molecular weight excluding hydrogens is 296 g/mol. The first-order chi connectivity index (χ1) is 10.5. The molecule has 0 saturated heterocycles. The molecule has 2 N–H and O–H groups in total. The van der Waals surface area contributed by atoms with Gasteiger partial charge in [-0.1, -0.05) is 24.3 Å². The van der Waals surface area contributed by atoms with Crippen molar-refractivity contribution >= 4 is 23.1 Å². The van der Waals surface area contributed by atoms with E-state index in [1.165, 1.54) is 10.4 Å². The Morgan fingerprint density at radius 2 is 1.91 bits per heavy atom. The average molecular weight is 318 g/mol. The van der Waals surface area contributed by atoms with Gasteiger partial charge in [-0.3, -0.25) is 0 Å². The molecule has 0 fully saturated rings. The largest absolute Gasteiger partial charge is 0.444 e. The van der Waals surface area contributed by atoms with E-state index in [1.807, 2.05) is 45.0 Å². The number of ether oxygens (including phenoxy) is 1. The molecule has 0 aliphatic heterocycles. The summed E-state index contributed by atoms with van der Waals surface area (Å²) in [6.07, 6.45) is -0.388. The minimum absolute atomic E-state index is 0.388. The molecule has 1 amide bonds. The number of alkyl carbamates (subject to hydrolysis) is 1. The smallest absolute Gasteiger partial charge is 0.407 e. The van der Waals surface area contributed by atoms with E-state index in [1.54, 1.807) is 11.3 Å². The molecule has 118 valence electrons. The Hall–Kier alpha value is -2.01. The fourth-order valence-corrected chi connectivity index (χ4v) is 2.73. The molecule has 5 heteroatoms. The van der Waals surface area contributed by atoms with Crippen molar-refractivity contribution in [3.05, 3.63) is 41.8 Å². The third kappa shape index (κ3) is 5.07. The second kappa shape index (κ2) is 7.31. The quantitative estimate of drug-likeness (QED) is 0.806. The van der Waals surface area contributed by atoms with Gasteiger partial charge in [-0.15, -0.1) is 11.3 Å². The molecule has 0 atom stereocenters. The van der Waals surface area contributed by atoms with E-state index in [9.17, 15) is 4.79 Å². The first kappa shape index (κ1) is 16.4. The molecule has 0 spiro atoms. The van der Waals surface area contributed by atoms with Gasteiger partial charge in [0.05, 0.1) is 0 Å². The molecule has 0 aliphatic rings. The van der Waals surface area contributed by atoms with Gasteiger partial charge >= 0.3 is 6.09 Å². The number of hydrogen-bond acceptors (Lipinski definition) is 4. The number of nitrogens with one attached hydrogen (secondary N) is 2. The topological polar surface area (TPSA) is 50.4 Å². The first-order valence-corrected chi connectivity index (χ1v) is 8.17. The molecule has 1 heterocycles. The van der Waals surface area contributed by atoms with Crippen LogP contribution < -0.4 is 10.6 Å². The van der Waals surface area contributed by atoms with E-state index >= 15 is 0 Å². The highest BCUT2D eigenvalue weighted by molar-refractivity contribution is 7.13. The third-order valence-electron chi connectivity index (χ3n) is 2.82. The van der Waals surface area contributed by atoms with E-state index in [2.05, 4.69) is 28.1 Å². The number of para-hydroxylation sites is 1. The summed E-state index contributed by atoms with van der Waals surface area (Å²) >= 11 is 1.71. The molecule has 2 aromatic rings. The Kier molecular flexibility index (Phi) is 5.44. The van der Waals surface area contributed by atoms with Crippen LogP contribution in [0, 0.1) is 0 Å². The molecule has 0 radical (unpaired) electrons. The van der Waals surface area contributed by atoms with Crippen LogP contribution in [-0.4, -0.2) is 24.8 Å². The van der Waals surface area contributed by atoms with E-state index in [-0.39, 0.29) is 6.09 Å². The molecule has 1 aromatic heterocycles. The number of benzene rings is 1. The van der Waals surface area contributed by atoms with Crippen LogP contribution >= 0.6 is 11.3 Å². The van der Waals surface area contributed by atoms with Crippen LogP contribution in [-0.2, 0) is 4.74 Å². The molecule has 22 heavy (non-hydrogen) atoms. The van der Waals surface area contributed by atoms with Gasteiger partial charge in [0.2, 0.25) is 0 Å². The highest BCUT2D eigenvalue weighted by Gasteiger charge is 2.15. The molecule has 4 nitrogen and oxygen atoms in total. The fourth-order valence-electron chi connectivity index (χ4n) is 1.96. The molecule has 0 saturated carbocycles. The van der Waals surface area contributed by atoms with Gasteiger partial charge in [-0.2, -0.15) is 0 Å². The number of carbonyl (C=O) groups excluding carboxylic acids is 1. The van der Waals surface area contributed by atoms with Crippen molar-refractivity contribution < 1.29 is 9.53 Å². The standard InChI is InChI=1S/C17H22N2O2S/c1-17(2,3)21-16(20)19-11-10-18-14-8-5-4-7-13(14)15-9-6-12-22-15/h4-9,12,18H,10-11H2,1-3H3,(H,19,20). The van der Waals surface area contributed by atoms with Crippen molar-refractivity contribution in [3.63, 3.8) is 0 Å². The van der Waals surface area contributed by atoms with Gasteiger partial charge in [0.15, 0.2) is 0 Å². The summed E-state index contributed by atoms with van der Waals surface area (Å²) in [5, 5.41) is 8.16. The monoisotopic (exact) mass is 318 g/mol. The van der Waals surface area contributed by atoms with E-state index < -0.39 is 5.60 Å². The number of amides is 1. The fraction of sp³-hybridized carbons (Fsp3) is 0.353. The van der Waals surface area contributed by atoms with Gasteiger partial charge in [0.1, 0.15) is 5.60 Å². The van der Waals surface area contributed by atoms with Crippen LogP contribution in [0.4, 0.5) is 10.5 Å². The summed E-state index contributed by atoms with van der Waals surface area (Å²) in [5.74, 6) is 0. The minimum Gasteiger partial charge on any atom is -0.444 e. The van der Waals surface area contributed by atoms with Crippen molar-refractivity contribution in [2.75, 3.05) is 18.4 Å². The number of hydrogen-bond donors (Lipinski definition) is 2. The average Bonchev–Trinajstić information content (AvgIpc) is 2.96. The van der Waals surface area contributed by atoms with Gasteiger partial charge in [-0.05, 0) is 38.3 Å². The first-order valence-electron chi connectivity index (χ1n) is 7.29. The zero-order chi connectivity index (χ0) is 16.0. The number of anilines is 1. The van der Waals surface area contributed by atoms with E-state index in [0.29, 0.717) is 13.1 Å². The van der Waals surface area contributed by atoms with E-state index in [4.69, 9.17) is 4.74 Å². The zero-order valence-electron chi connectivity index (χ0n) is 13.2. The van der Waals surface area contributed by atoms with Crippen LogP contribution in [0.5, 0.6) is 0 Å². The van der Waals surface area contributed by atoms with Crippen molar-refractivity contribution in [2.45, 2.75) is 26.4 Å². The van der Waals surface area contributed by atoms with Crippen molar-refractivity contribution in [3.8, 4) is 10.4 Å². The van der Waals surface area contributed by atoms with Crippen LogP contribution in [0.25, 0.3) is 10.4 Å². The number of thiophene rings is 1. The van der Waals surface area contributed by atoms with Crippen molar-refractivity contribution in [2.24, 2.45) is 0 Å². The van der Waals surface area contributed by atoms with Gasteiger partial charge < -0.3 is 15.4 Å². The van der Waals surface area contributed by atoms with Gasteiger partial charge in [-0.25, -0.2) is 4.79 Å². The molecule has 0 aliphatic carbocycles. The van der Waals surface area contributed by atoms with Gasteiger partial charge in [0.25, 0.3) is 0 Å². The zero-order valence-corrected chi connectivity index (χ0v) is 14.0. The van der Waals surface area contributed by atoms with Crippen molar-refractivity contribution in [1.82, 2.24) is 5.32 Å². The Morgan fingerprint density at radius 3 is 2.59 bits per heavy atom. The van der Waals surface area contributed by atoms with Crippen LogP contribution in [0.3, 0.4) is 0 Å². The Balaban J connectivity index is 1.84. The summed E-state index contributed by atoms with van der Waals surface area (Å²) in [7, 11) is 0. The predicted octanol–water partition coefficient (Wildman–Crippen LogP) is 4.35. The second-order valence-corrected chi connectivity index (χ2v) is 6.83. The van der Waals surface area contributed by atoms with Crippen LogP contribution in [0.2, 0.25) is 0 Å². The van der Waals surface area contributed by atoms with Crippen LogP contribution in [0.15, 0.2) is 41.8 Å². The lowest BCUT2D eigenvalue weighted by Crippen LogP contribution is -2.35. The maximum Gasteiger partial charge on any atom is 0.407 e. The molecule has 2 rings (SSSR count). The molecule has 0 bridgehead atoms. The Labute approximate surface area is 135 Å². The SMILES string of the molecule is CC(C)(C)OC(=O)NCCNc1ccccc1-c1cccs1. The van der Waals surface area contributed by atoms with E-state index in [0.717, 1.165) is 5.69 Å². The highest BCUT2D eigenvalue weighted by Crippen LogP contribution is 2.31. The lowest BCUT2D eigenvalue weighted by atomic mass is 10.1. The number of carbonyl (C=O) groups is 1. The number of rotatable bonds is 5. The predicted molar refractivity (Wildman–Crippen MR) is 92.5 cm³/mol. The maximum atomic E-state index is 11.6. The lowest BCUT2D eigenvalue weighted by Gasteiger charge is -2.19. The third-order valence-corrected chi connectivity index (χ3v) is 3.73. The van der Waals surface area contributed by atoms with Crippen LogP contribution in [0.1, 0.15) is 20.8 Å². The lowest BCUT2D eigenvalue weighted by molar-refractivity contribution is 0.0530. The summed E-state index contributed by atoms with van der Waals surface area (Å²) in [6.45, 7) is 6.70. The normalized spacial score (nSPS) is 11.0. The minimum atomic E-state index is -0.469. The maximum absolute atomic E-state index is 11.6. The summed E-state index contributed by atoms with van der Waals surface area (Å²) in [5.41, 5.74) is 1.77. The summed E-state index contributed by atoms with van der Waals surface area (Å²) in [6, 6.07) is 12.3. The van der Waals surface area contributed by atoms with Crippen molar-refractivity contribution in [1.29, 1.82) is 0 Å².